The van der Waals surface area contributed by atoms with Crippen LogP contribution < -0.4 is 5.32 Å². The van der Waals surface area contributed by atoms with Crippen LogP contribution in [0, 0.1) is 13.8 Å². The van der Waals surface area contributed by atoms with E-state index in [9.17, 15) is 0 Å². The summed E-state index contributed by atoms with van der Waals surface area (Å²) < 4.78 is 5.37. The van der Waals surface area contributed by atoms with Gasteiger partial charge in [0.15, 0.2) is 5.82 Å². The Hall–Kier alpha value is -1.00. The van der Waals surface area contributed by atoms with Crippen molar-refractivity contribution < 1.29 is 4.74 Å². The maximum atomic E-state index is 5.37. The molecule has 1 unspecified atom stereocenters. The fourth-order valence-electron chi connectivity index (χ4n) is 2.28. The molecule has 108 valence electrons. The number of nitrogens with one attached hydrogen (secondary N) is 1. The van der Waals surface area contributed by atoms with E-state index in [4.69, 9.17) is 4.74 Å². The zero-order valence-electron chi connectivity index (χ0n) is 13.1. The monoisotopic (exact) mass is 265 g/mol. The second-order valence-corrected chi connectivity index (χ2v) is 5.33. The third-order valence-electron chi connectivity index (χ3n) is 3.13. The molecular formula is C15H27N3O. The number of hydrogen-bond donors (Lipinski definition) is 1. The zero-order chi connectivity index (χ0) is 14.4. The predicted molar refractivity (Wildman–Crippen MR) is 78.4 cm³/mol. The molecule has 0 saturated heterocycles. The zero-order valence-corrected chi connectivity index (χ0v) is 13.1. The summed E-state index contributed by atoms with van der Waals surface area (Å²) >= 11 is 0. The van der Waals surface area contributed by atoms with Crippen LogP contribution in [0.5, 0.6) is 0 Å². The van der Waals surface area contributed by atoms with Crippen molar-refractivity contribution in [2.24, 2.45) is 0 Å². The minimum atomic E-state index is 0.420. The Labute approximate surface area is 117 Å². The van der Waals surface area contributed by atoms with Gasteiger partial charge in [-0.25, -0.2) is 9.97 Å². The van der Waals surface area contributed by atoms with Crippen molar-refractivity contribution in [3.63, 3.8) is 0 Å². The molecule has 1 aromatic rings. The van der Waals surface area contributed by atoms with Crippen LogP contribution in [-0.4, -0.2) is 29.2 Å². The van der Waals surface area contributed by atoms with Gasteiger partial charge in [-0.3, -0.25) is 0 Å². The Morgan fingerprint density at radius 2 is 1.68 bits per heavy atom. The summed E-state index contributed by atoms with van der Waals surface area (Å²) in [5.41, 5.74) is 3.40. The molecule has 0 aliphatic heterocycles. The summed E-state index contributed by atoms with van der Waals surface area (Å²) in [6.07, 6.45) is 0. The van der Waals surface area contributed by atoms with Crippen molar-refractivity contribution in [1.82, 2.24) is 15.3 Å². The van der Waals surface area contributed by atoms with Crippen molar-refractivity contribution in [3.8, 4) is 0 Å². The predicted octanol–water partition coefficient (Wildman–Crippen LogP) is 2.73. The van der Waals surface area contributed by atoms with Crippen LogP contribution in [0.3, 0.4) is 0 Å². The lowest BCUT2D eigenvalue weighted by Gasteiger charge is -2.19. The summed E-state index contributed by atoms with van der Waals surface area (Å²) in [6.45, 7) is 14.8. The lowest BCUT2D eigenvalue weighted by molar-refractivity contribution is 0.128. The Bertz CT molecular complexity index is 381. The summed E-state index contributed by atoms with van der Waals surface area (Å²) in [7, 11) is 0. The highest BCUT2D eigenvalue weighted by atomic mass is 16.5. The minimum Gasteiger partial charge on any atom is -0.374 e. The van der Waals surface area contributed by atoms with Crippen molar-refractivity contribution in [2.45, 2.75) is 60.1 Å². The second-order valence-electron chi connectivity index (χ2n) is 5.33. The van der Waals surface area contributed by atoms with Crippen molar-refractivity contribution >= 4 is 0 Å². The van der Waals surface area contributed by atoms with Gasteiger partial charge in [0, 0.05) is 30.6 Å². The maximum Gasteiger partial charge on any atom is 0.154 e. The highest BCUT2D eigenvalue weighted by molar-refractivity contribution is 5.28. The molecule has 1 atom stereocenters. The van der Waals surface area contributed by atoms with Crippen LogP contribution in [0.1, 0.15) is 56.4 Å². The first-order valence-electron chi connectivity index (χ1n) is 7.10. The highest BCUT2D eigenvalue weighted by Gasteiger charge is 2.15. The van der Waals surface area contributed by atoms with Gasteiger partial charge in [-0.2, -0.15) is 0 Å². The first-order valence-corrected chi connectivity index (χ1v) is 7.10. The fraction of sp³-hybridized carbons (Fsp3) is 0.733. The van der Waals surface area contributed by atoms with E-state index >= 15 is 0 Å². The molecule has 0 bridgehead atoms. The average molecular weight is 265 g/mol. The number of ether oxygens (including phenoxy) is 1. The van der Waals surface area contributed by atoms with Gasteiger partial charge in [0.05, 0.1) is 0 Å². The molecule has 1 N–H and O–H groups in total. The normalized spacial score (nSPS) is 13.0. The van der Waals surface area contributed by atoms with Crippen LogP contribution in [0.4, 0.5) is 0 Å². The summed E-state index contributed by atoms with van der Waals surface area (Å²) in [6, 6.07) is 0.501. The molecule has 0 aliphatic rings. The van der Waals surface area contributed by atoms with E-state index in [0.29, 0.717) is 25.2 Å². The van der Waals surface area contributed by atoms with Crippen LogP contribution in [0.2, 0.25) is 0 Å². The quantitative estimate of drug-likeness (QED) is 0.823. The molecule has 1 aromatic heterocycles. The molecule has 4 heteroatoms. The molecule has 0 aliphatic carbocycles. The van der Waals surface area contributed by atoms with E-state index in [1.807, 2.05) is 6.92 Å². The van der Waals surface area contributed by atoms with Gasteiger partial charge < -0.3 is 10.1 Å². The van der Waals surface area contributed by atoms with Gasteiger partial charge >= 0.3 is 0 Å². The Morgan fingerprint density at radius 1 is 1.11 bits per heavy atom. The lowest BCUT2D eigenvalue weighted by atomic mass is 9.97. The third kappa shape index (κ3) is 4.88. The van der Waals surface area contributed by atoms with Crippen molar-refractivity contribution in [3.05, 3.63) is 22.8 Å². The maximum absolute atomic E-state index is 5.37. The van der Waals surface area contributed by atoms with Crippen LogP contribution >= 0.6 is 0 Å². The van der Waals surface area contributed by atoms with E-state index in [1.165, 1.54) is 5.56 Å². The van der Waals surface area contributed by atoms with E-state index in [1.54, 1.807) is 0 Å². The van der Waals surface area contributed by atoms with Gasteiger partial charge in [0.2, 0.25) is 0 Å². The van der Waals surface area contributed by atoms with Gasteiger partial charge in [-0.05, 0) is 32.3 Å². The fourth-order valence-corrected chi connectivity index (χ4v) is 2.28. The molecule has 1 heterocycles. The molecule has 0 fully saturated rings. The second kappa shape index (κ2) is 7.56. The smallest absolute Gasteiger partial charge is 0.154 e. The van der Waals surface area contributed by atoms with Crippen LogP contribution in [0.15, 0.2) is 0 Å². The number of aryl methyl sites for hydroxylation is 2. The summed E-state index contributed by atoms with van der Waals surface area (Å²) in [5.74, 6) is 1.20. The van der Waals surface area contributed by atoms with E-state index in [2.05, 4.69) is 49.9 Å². The van der Waals surface area contributed by atoms with E-state index in [0.717, 1.165) is 23.8 Å². The van der Waals surface area contributed by atoms with Crippen molar-refractivity contribution in [1.29, 1.82) is 0 Å². The Kier molecular flexibility index (Phi) is 6.38. The number of hydrogen-bond acceptors (Lipinski definition) is 4. The van der Waals surface area contributed by atoms with Crippen molar-refractivity contribution in [2.75, 3.05) is 13.2 Å². The van der Waals surface area contributed by atoms with E-state index < -0.39 is 0 Å². The first kappa shape index (κ1) is 16.1. The number of aromatic nitrogens is 2. The van der Waals surface area contributed by atoms with Gasteiger partial charge in [-0.1, -0.05) is 20.8 Å². The summed E-state index contributed by atoms with van der Waals surface area (Å²) in [4.78, 5) is 9.11. The molecular weight excluding hydrogens is 238 g/mol. The third-order valence-corrected chi connectivity index (χ3v) is 3.13. The minimum absolute atomic E-state index is 0.420. The summed E-state index contributed by atoms with van der Waals surface area (Å²) in [5, 5.41) is 3.47. The molecule has 0 aromatic carbocycles. The molecule has 0 amide bonds. The standard InChI is InChI=1S/C15H27N3O/c1-7-19-9-14-17-12(5)15(13(6)18-14)11(4)8-16-10(2)3/h10-11,16H,7-9H2,1-6H3. The average Bonchev–Trinajstić information content (AvgIpc) is 2.33. The lowest BCUT2D eigenvalue weighted by Crippen LogP contribution is -2.28. The molecule has 0 radical (unpaired) electrons. The molecule has 1 rings (SSSR count). The largest absolute Gasteiger partial charge is 0.374 e. The number of nitrogens with zero attached hydrogens (tertiary/aromatic N) is 2. The van der Waals surface area contributed by atoms with Crippen LogP contribution in [0.25, 0.3) is 0 Å². The molecule has 19 heavy (non-hydrogen) atoms. The van der Waals surface area contributed by atoms with Gasteiger partial charge in [0.25, 0.3) is 0 Å². The molecule has 0 spiro atoms. The van der Waals surface area contributed by atoms with E-state index in [-0.39, 0.29) is 0 Å². The van der Waals surface area contributed by atoms with Gasteiger partial charge in [0.1, 0.15) is 6.61 Å². The molecule has 4 nitrogen and oxygen atoms in total. The Morgan fingerprint density at radius 3 is 2.16 bits per heavy atom. The SMILES string of the molecule is CCOCc1nc(C)c(C(C)CNC(C)C)c(C)n1. The number of rotatable bonds is 7. The first-order chi connectivity index (χ1) is 8.95. The van der Waals surface area contributed by atoms with Gasteiger partial charge in [-0.15, -0.1) is 0 Å². The molecule has 0 saturated carbocycles. The Balaban J connectivity index is 2.83. The van der Waals surface area contributed by atoms with Crippen LogP contribution in [-0.2, 0) is 11.3 Å². The highest BCUT2D eigenvalue weighted by Crippen LogP contribution is 2.21. The topological polar surface area (TPSA) is 47.0 Å².